The number of fused-ring (bicyclic) bond motifs is 2. The van der Waals surface area contributed by atoms with Gasteiger partial charge in [-0.2, -0.15) is 21.6 Å². The lowest BCUT2D eigenvalue weighted by molar-refractivity contribution is -0.192. The van der Waals surface area contributed by atoms with E-state index < -0.39 is 27.8 Å². The molecule has 2 heterocycles. The summed E-state index contributed by atoms with van der Waals surface area (Å²) in [6.45, 7) is 0.966. The number of alkyl halides is 3. The number of halogens is 3. The molecular weight excluding hydrogens is 629 g/mol. The molecule has 0 fully saturated rings. The molecule has 0 saturated heterocycles. The number of nitrogens with two attached hydrogens (primary N) is 1. The minimum atomic E-state index is -5.08. The van der Waals surface area contributed by atoms with Crippen LogP contribution in [0.25, 0.3) is 11.1 Å². The number of aliphatic carboxylic acids is 1. The number of amidine groups is 1. The maximum absolute atomic E-state index is 11.8. The molecule has 0 aromatic heterocycles. The first kappa shape index (κ1) is 32.2. The molecule has 0 amide bonds. The van der Waals surface area contributed by atoms with E-state index in [0.717, 1.165) is 39.6 Å². The second-order valence-corrected chi connectivity index (χ2v) is 11.8. The standard InChI is InChI=1S/C30H26N2O6S.C2HF3O2/c1-35-23-15-20(16-24(18-23)38-39(2,33)34)19-6-5-7-21(14-19)30(26-9-4-3-8-25(26)29(31)32-30)22-10-11-27-28(17-22)37-13-12-36-27;3-2(4,5)1(6)7/h3-11,14-18H,12-13H2,1-2H3,(H2,31,32);(H,6,7). The van der Waals surface area contributed by atoms with Crippen molar-refractivity contribution in [1.29, 1.82) is 0 Å². The third-order valence-electron chi connectivity index (χ3n) is 7.06. The fourth-order valence-corrected chi connectivity index (χ4v) is 5.65. The van der Waals surface area contributed by atoms with Crippen molar-refractivity contribution in [1.82, 2.24) is 0 Å². The fraction of sp³-hybridized carbons (Fsp3) is 0.188. The van der Waals surface area contributed by atoms with Crippen molar-refractivity contribution in [2.24, 2.45) is 10.7 Å². The van der Waals surface area contributed by atoms with Crippen LogP contribution in [0.4, 0.5) is 13.2 Å². The van der Waals surface area contributed by atoms with E-state index in [1.165, 1.54) is 13.2 Å². The first-order chi connectivity index (χ1) is 21.7. The van der Waals surface area contributed by atoms with Crippen LogP contribution in [0.2, 0.25) is 0 Å². The first-order valence-corrected chi connectivity index (χ1v) is 15.4. The highest BCUT2D eigenvalue weighted by atomic mass is 32.2. The first-order valence-electron chi connectivity index (χ1n) is 13.6. The summed E-state index contributed by atoms with van der Waals surface area (Å²) in [6.07, 6.45) is -4.08. The Hall–Kier alpha value is -5.24. The lowest BCUT2D eigenvalue weighted by atomic mass is 9.77. The molecule has 0 radical (unpaired) electrons. The Labute approximate surface area is 261 Å². The summed E-state index contributed by atoms with van der Waals surface area (Å²) in [5.41, 5.74) is 10.7. The van der Waals surface area contributed by atoms with Crippen molar-refractivity contribution in [3.63, 3.8) is 0 Å². The summed E-state index contributed by atoms with van der Waals surface area (Å²) < 4.78 is 77.6. The molecule has 0 bridgehead atoms. The molecule has 4 aromatic rings. The molecule has 0 aliphatic carbocycles. The number of carboxylic acid groups (broad SMARTS) is 1. The number of hydrogen-bond donors (Lipinski definition) is 2. The maximum Gasteiger partial charge on any atom is 0.490 e. The second-order valence-electron chi connectivity index (χ2n) is 10.2. The highest BCUT2D eigenvalue weighted by Gasteiger charge is 2.43. The van der Waals surface area contributed by atoms with Crippen molar-refractivity contribution >= 4 is 21.9 Å². The summed E-state index contributed by atoms with van der Waals surface area (Å²) >= 11 is 0. The summed E-state index contributed by atoms with van der Waals surface area (Å²) in [6, 6.07) is 26.7. The van der Waals surface area contributed by atoms with E-state index >= 15 is 0 Å². The van der Waals surface area contributed by atoms with E-state index in [9.17, 15) is 21.6 Å². The number of hydrogen-bond acceptors (Lipinski definition) is 9. The van der Waals surface area contributed by atoms with Crippen LogP contribution in [-0.4, -0.2) is 58.1 Å². The van der Waals surface area contributed by atoms with Gasteiger partial charge in [-0.15, -0.1) is 0 Å². The highest BCUT2D eigenvalue weighted by molar-refractivity contribution is 7.86. The van der Waals surface area contributed by atoms with Crippen molar-refractivity contribution < 1.29 is 49.9 Å². The van der Waals surface area contributed by atoms with Gasteiger partial charge in [0.25, 0.3) is 0 Å². The van der Waals surface area contributed by atoms with Gasteiger partial charge in [0.2, 0.25) is 0 Å². The molecule has 46 heavy (non-hydrogen) atoms. The molecule has 2 aliphatic rings. The number of rotatable bonds is 6. The Morgan fingerprint density at radius 2 is 1.54 bits per heavy atom. The Balaban J connectivity index is 0.000000537. The van der Waals surface area contributed by atoms with Gasteiger partial charge in [-0.05, 0) is 58.1 Å². The molecule has 6 rings (SSSR count). The minimum Gasteiger partial charge on any atom is -0.497 e. The molecule has 0 saturated carbocycles. The Morgan fingerprint density at radius 3 is 2.22 bits per heavy atom. The Morgan fingerprint density at radius 1 is 0.891 bits per heavy atom. The number of ether oxygens (including phenoxy) is 3. The monoisotopic (exact) mass is 656 g/mol. The minimum absolute atomic E-state index is 0.160. The van der Waals surface area contributed by atoms with E-state index in [1.807, 2.05) is 72.8 Å². The summed E-state index contributed by atoms with van der Waals surface area (Å²) in [7, 11) is -2.21. The molecular formula is C32H27F3N2O8S. The Bertz CT molecular complexity index is 1950. The van der Waals surface area contributed by atoms with E-state index in [2.05, 4.69) is 0 Å². The molecule has 240 valence electrons. The van der Waals surface area contributed by atoms with Crippen molar-refractivity contribution in [2.75, 3.05) is 26.6 Å². The highest BCUT2D eigenvalue weighted by Crippen LogP contribution is 2.48. The molecule has 0 spiro atoms. The quantitative estimate of drug-likeness (QED) is 0.270. The van der Waals surface area contributed by atoms with Gasteiger partial charge in [-0.3, -0.25) is 0 Å². The number of nitrogens with zero attached hydrogens (tertiary/aromatic N) is 1. The lowest BCUT2D eigenvalue weighted by Crippen LogP contribution is -2.26. The van der Waals surface area contributed by atoms with Gasteiger partial charge in [0.05, 0.1) is 13.4 Å². The molecule has 10 nitrogen and oxygen atoms in total. The normalized spacial score (nSPS) is 16.8. The van der Waals surface area contributed by atoms with Crippen LogP contribution in [-0.2, 0) is 20.5 Å². The van der Waals surface area contributed by atoms with Crippen LogP contribution in [0, 0.1) is 0 Å². The van der Waals surface area contributed by atoms with Crippen molar-refractivity contribution in [2.45, 2.75) is 11.7 Å². The zero-order valence-corrected chi connectivity index (χ0v) is 25.2. The van der Waals surface area contributed by atoms with Gasteiger partial charge in [0.15, 0.2) is 11.5 Å². The van der Waals surface area contributed by atoms with E-state index in [4.69, 9.17) is 39.0 Å². The third kappa shape index (κ3) is 6.56. The zero-order valence-electron chi connectivity index (χ0n) is 24.4. The average Bonchev–Trinajstić information content (AvgIpc) is 3.33. The summed E-state index contributed by atoms with van der Waals surface area (Å²) in [5, 5.41) is 7.12. The molecule has 1 atom stereocenters. The van der Waals surface area contributed by atoms with E-state index in [-0.39, 0.29) is 5.75 Å². The fourth-order valence-electron chi connectivity index (χ4n) is 5.20. The topological polar surface area (TPSA) is 147 Å². The molecule has 3 N–H and O–H groups in total. The van der Waals surface area contributed by atoms with Gasteiger partial charge < -0.3 is 29.2 Å². The second kappa shape index (κ2) is 12.3. The van der Waals surface area contributed by atoms with Crippen LogP contribution in [0.3, 0.4) is 0 Å². The molecule has 4 aromatic carbocycles. The van der Waals surface area contributed by atoms with Gasteiger partial charge in [-0.25, -0.2) is 9.79 Å². The smallest absolute Gasteiger partial charge is 0.490 e. The Kier molecular flexibility index (Phi) is 8.58. The molecule has 2 aliphatic heterocycles. The maximum atomic E-state index is 11.8. The van der Waals surface area contributed by atoms with Crippen molar-refractivity contribution in [3.8, 4) is 34.1 Å². The van der Waals surface area contributed by atoms with Gasteiger partial charge in [0.1, 0.15) is 36.1 Å². The van der Waals surface area contributed by atoms with Crippen LogP contribution >= 0.6 is 0 Å². The van der Waals surface area contributed by atoms with Gasteiger partial charge in [-0.1, -0.05) is 48.5 Å². The summed E-state index contributed by atoms with van der Waals surface area (Å²) in [5.74, 6) is -0.350. The van der Waals surface area contributed by atoms with Crippen LogP contribution in [0.15, 0.2) is 89.9 Å². The number of aliphatic imine (C=N–C) groups is 1. The van der Waals surface area contributed by atoms with Crippen LogP contribution in [0.1, 0.15) is 22.3 Å². The zero-order chi connectivity index (χ0) is 33.3. The number of carboxylic acids is 1. The van der Waals surface area contributed by atoms with Crippen LogP contribution < -0.4 is 24.1 Å². The average molecular weight is 657 g/mol. The summed E-state index contributed by atoms with van der Waals surface area (Å²) in [4.78, 5) is 14.0. The van der Waals surface area contributed by atoms with Crippen molar-refractivity contribution in [3.05, 3.63) is 107 Å². The lowest BCUT2D eigenvalue weighted by Gasteiger charge is -2.31. The van der Waals surface area contributed by atoms with Gasteiger partial charge >= 0.3 is 22.3 Å². The SMILES string of the molecule is COc1cc(OS(C)(=O)=O)cc(-c2cccc(C3(c4ccc5c(c4)OCCO5)N=C(N)c4ccccc43)c2)c1.O=C(O)C(F)(F)F. The van der Waals surface area contributed by atoms with Crippen LogP contribution in [0.5, 0.6) is 23.0 Å². The van der Waals surface area contributed by atoms with E-state index in [0.29, 0.717) is 36.3 Å². The molecule has 14 heteroatoms. The number of carbonyl (C=O) groups is 1. The number of methoxy groups -OCH3 is 1. The predicted molar refractivity (Wildman–Crippen MR) is 162 cm³/mol. The largest absolute Gasteiger partial charge is 0.497 e. The predicted octanol–water partition coefficient (Wildman–Crippen LogP) is 5.12. The van der Waals surface area contributed by atoms with E-state index in [1.54, 1.807) is 6.07 Å². The molecule has 1 unspecified atom stereocenters. The third-order valence-corrected chi connectivity index (χ3v) is 7.56. The van der Waals surface area contributed by atoms with Gasteiger partial charge in [0, 0.05) is 11.6 Å². The number of benzene rings is 4.